The molecular weight excluding hydrogens is 374 g/mol. The minimum Gasteiger partial charge on any atom is -0.300 e. The molecule has 4 rings (SSSR count). The van der Waals surface area contributed by atoms with Crippen molar-refractivity contribution in [2.24, 2.45) is 0 Å². The van der Waals surface area contributed by atoms with E-state index in [0.29, 0.717) is 16.3 Å². The number of nitrogens with one attached hydrogen (secondary N) is 1. The number of hydrogen-bond donors (Lipinski definition) is 1. The molecule has 0 fully saturated rings. The van der Waals surface area contributed by atoms with Crippen molar-refractivity contribution in [1.82, 2.24) is 9.88 Å². The molecule has 1 atom stereocenters. The molecule has 3 amide bonds. The number of carbonyl (C=O) groups excluding carboxylic acids is 3. The van der Waals surface area contributed by atoms with Crippen molar-refractivity contribution in [3.63, 3.8) is 0 Å². The first-order chi connectivity index (χ1) is 12.1. The van der Waals surface area contributed by atoms with Gasteiger partial charge in [0.25, 0.3) is 11.8 Å². The number of thiazole rings is 1. The van der Waals surface area contributed by atoms with Gasteiger partial charge in [-0.2, -0.15) is 0 Å². The molecule has 1 aliphatic heterocycles. The van der Waals surface area contributed by atoms with E-state index in [0.717, 1.165) is 36.3 Å². The number of nitrogens with zero attached hydrogens (tertiary/aromatic N) is 2. The van der Waals surface area contributed by atoms with Crippen LogP contribution in [0, 0.1) is 0 Å². The molecule has 0 saturated heterocycles. The second-order valence-corrected chi connectivity index (χ2v) is 7.37. The molecule has 1 unspecified atom stereocenters. The third-order valence-corrected chi connectivity index (χ3v) is 5.74. The van der Waals surface area contributed by atoms with E-state index in [-0.39, 0.29) is 12.4 Å². The van der Waals surface area contributed by atoms with Crippen LogP contribution < -0.4 is 5.32 Å². The predicted molar refractivity (Wildman–Crippen MR) is 101 cm³/mol. The van der Waals surface area contributed by atoms with Gasteiger partial charge >= 0.3 is 0 Å². The summed E-state index contributed by atoms with van der Waals surface area (Å²) in [6, 6.07) is 5.73. The van der Waals surface area contributed by atoms with Crippen molar-refractivity contribution in [2.45, 2.75) is 38.6 Å². The number of anilines is 1. The molecule has 2 aromatic rings. The molecule has 0 spiro atoms. The van der Waals surface area contributed by atoms with E-state index in [2.05, 4.69) is 10.3 Å². The maximum atomic E-state index is 12.6. The van der Waals surface area contributed by atoms with Gasteiger partial charge in [-0.1, -0.05) is 12.1 Å². The molecule has 8 heteroatoms. The highest BCUT2D eigenvalue weighted by molar-refractivity contribution is 7.15. The molecule has 136 valence electrons. The number of hydrogen-bond acceptors (Lipinski definition) is 5. The van der Waals surface area contributed by atoms with Crippen LogP contribution >= 0.6 is 23.7 Å². The molecule has 1 N–H and O–H groups in total. The predicted octanol–water partition coefficient (Wildman–Crippen LogP) is 3.07. The Morgan fingerprint density at radius 3 is 2.38 bits per heavy atom. The van der Waals surface area contributed by atoms with Gasteiger partial charge in [-0.25, -0.2) is 4.98 Å². The number of aryl methyl sites for hydroxylation is 2. The number of halogens is 1. The first-order valence-corrected chi connectivity index (χ1v) is 9.14. The van der Waals surface area contributed by atoms with Crippen LogP contribution in [0.2, 0.25) is 0 Å². The van der Waals surface area contributed by atoms with Crippen molar-refractivity contribution in [1.29, 1.82) is 0 Å². The molecule has 0 bridgehead atoms. The summed E-state index contributed by atoms with van der Waals surface area (Å²) in [5.74, 6) is -1.26. The summed E-state index contributed by atoms with van der Waals surface area (Å²) in [5, 5.41) is 3.31. The molecule has 2 heterocycles. The van der Waals surface area contributed by atoms with Crippen LogP contribution in [0.4, 0.5) is 5.13 Å². The van der Waals surface area contributed by atoms with Crippen LogP contribution in [-0.2, 0) is 17.6 Å². The lowest BCUT2D eigenvalue weighted by atomic mass is 10.0. The minimum absolute atomic E-state index is 0. The molecule has 1 aromatic carbocycles. The van der Waals surface area contributed by atoms with Crippen molar-refractivity contribution in [3.05, 3.63) is 46.0 Å². The Hall–Kier alpha value is -2.25. The van der Waals surface area contributed by atoms with Gasteiger partial charge in [0, 0.05) is 4.88 Å². The van der Waals surface area contributed by atoms with Gasteiger partial charge in [-0.15, -0.1) is 23.7 Å². The first-order valence-electron chi connectivity index (χ1n) is 8.32. The van der Waals surface area contributed by atoms with Crippen LogP contribution in [0.15, 0.2) is 24.3 Å². The fourth-order valence-electron chi connectivity index (χ4n) is 3.29. The number of imide groups is 1. The molecule has 1 aliphatic carbocycles. The number of rotatable bonds is 3. The van der Waals surface area contributed by atoms with Crippen LogP contribution in [0.1, 0.15) is 51.1 Å². The molecule has 26 heavy (non-hydrogen) atoms. The van der Waals surface area contributed by atoms with E-state index in [1.54, 1.807) is 31.2 Å². The molecule has 0 saturated carbocycles. The maximum Gasteiger partial charge on any atom is 0.262 e. The van der Waals surface area contributed by atoms with E-state index < -0.39 is 23.8 Å². The molecule has 6 nitrogen and oxygen atoms in total. The lowest BCUT2D eigenvalue weighted by molar-refractivity contribution is -0.119. The fourth-order valence-corrected chi connectivity index (χ4v) is 4.34. The highest BCUT2D eigenvalue weighted by Gasteiger charge is 2.40. The normalized spacial score (nSPS) is 16.6. The van der Waals surface area contributed by atoms with Crippen molar-refractivity contribution >= 4 is 46.6 Å². The third-order valence-electron chi connectivity index (χ3n) is 4.67. The lowest BCUT2D eigenvalue weighted by Crippen LogP contribution is -2.45. The van der Waals surface area contributed by atoms with Gasteiger partial charge in [0.1, 0.15) is 6.04 Å². The third kappa shape index (κ3) is 3.01. The van der Waals surface area contributed by atoms with Gasteiger partial charge in [-0.3, -0.25) is 19.3 Å². The smallest absolute Gasteiger partial charge is 0.262 e. The Morgan fingerprint density at radius 2 is 1.77 bits per heavy atom. The first kappa shape index (κ1) is 18.5. The average Bonchev–Trinajstić information content (AvgIpc) is 3.13. The maximum absolute atomic E-state index is 12.6. The zero-order valence-corrected chi connectivity index (χ0v) is 15.8. The fraction of sp³-hybridized carbons (Fsp3) is 0.333. The minimum atomic E-state index is -0.895. The van der Waals surface area contributed by atoms with E-state index >= 15 is 0 Å². The van der Waals surface area contributed by atoms with Crippen molar-refractivity contribution < 1.29 is 14.4 Å². The SMILES string of the molecule is CC(C(=O)Nc1nc2c(s1)CCCC2)N1C(=O)c2ccccc2C1=O.Cl. The second kappa shape index (κ2) is 7.17. The highest BCUT2D eigenvalue weighted by Crippen LogP contribution is 2.30. The molecular formula is C18H18ClN3O3S. The van der Waals surface area contributed by atoms with E-state index in [9.17, 15) is 14.4 Å². The summed E-state index contributed by atoms with van der Waals surface area (Å²) in [4.78, 5) is 44.2. The summed E-state index contributed by atoms with van der Waals surface area (Å²) in [6.07, 6.45) is 4.20. The van der Waals surface area contributed by atoms with Gasteiger partial charge < -0.3 is 5.32 Å². The topological polar surface area (TPSA) is 79.4 Å². The van der Waals surface area contributed by atoms with Crippen molar-refractivity contribution in [3.8, 4) is 0 Å². The van der Waals surface area contributed by atoms with Crippen LogP contribution in [0.3, 0.4) is 0 Å². The Labute approximate surface area is 161 Å². The largest absolute Gasteiger partial charge is 0.300 e. The Bertz CT molecular complexity index is 837. The lowest BCUT2D eigenvalue weighted by Gasteiger charge is -2.21. The summed E-state index contributed by atoms with van der Waals surface area (Å²) >= 11 is 1.48. The summed E-state index contributed by atoms with van der Waals surface area (Å²) in [6.45, 7) is 1.56. The van der Waals surface area contributed by atoms with E-state index in [1.165, 1.54) is 16.2 Å². The second-order valence-electron chi connectivity index (χ2n) is 6.29. The van der Waals surface area contributed by atoms with Crippen molar-refractivity contribution in [2.75, 3.05) is 5.32 Å². The number of fused-ring (bicyclic) bond motifs is 2. The summed E-state index contributed by atoms with van der Waals surface area (Å²) < 4.78 is 0. The van der Waals surface area contributed by atoms with Gasteiger partial charge in [0.05, 0.1) is 16.8 Å². The van der Waals surface area contributed by atoms with Crippen LogP contribution in [-0.4, -0.2) is 33.6 Å². The zero-order valence-electron chi connectivity index (χ0n) is 14.2. The molecule has 2 aliphatic rings. The Balaban J connectivity index is 0.00000196. The Kier molecular flexibility index (Phi) is 5.11. The average molecular weight is 392 g/mol. The van der Waals surface area contributed by atoms with E-state index in [1.807, 2.05) is 0 Å². The zero-order chi connectivity index (χ0) is 17.6. The van der Waals surface area contributed by atoms with Crippen LogP contribution in [0.25, 0.3) is 0 Å². The number of benzene rings is 1. The summed E-state index contributed by atoms with van der Waals surface area (Å²) in [5.41, 5.74) is 1.74. The molecule has 0 radical (unpaired) electrons. The quantitative estimate of drug-likeness (QED) is 0.815. The van der Waals surface area contributed by atoms with Crippen LogP contribution in [0.5, 0.6) is 0 Å². The van der Waals surface area contributed by atoms with E-state index in [4.69, 9.17) is 0 Å². The van der Waals surface area contributed by atoms with Gasteiger partial charge in [-0.05, 0) is 44.7 Å². The monoisotopic (exact) mass is 391 g/mol. The highest BCUT2D eigenvalue weighted by atomic mass is 35.5. The number of aromatic nitrogens is 1. The molecule has 1 aromatic heterocycles. The number of amides is 3. The van der Waals surface area contributed by atoms with Gasteiger partial charge in [0.15, 0.2) is 5.13 Å². The Morgan fingerprint density at radius 1 is 1.15 bits per heavy atom. The summed E-state index contributed by atoms with van der Waals surface area (Å²) in [7, 11) is 0. The van der Waals surface area contributed by atoms with Gasteiger partial charge in [0.2, 0.25) is 5.91 Å². The standard InChI is InChI=1S/C18H17N3O3S.ClH/c1-10(21-16(23)11-6-2-3-7-12(11)17(21)24)15(22)20-18-19-13-8-4-5-9-14(13)25-18;/h2-3,6-7,10H,4-5,8-9H2,1H3,(H,19,20,22);1H. The number of carbonyl (C=O) groups is 3.